The van der Waals surface area contributed by atoms with Gasteiger partial charge in [0, 0.05) is 29.7 Å². The average molecular weight is 374 g/mol. The molecule has 3 rings (SSSR count). The maximum Gasteiger partial charge on any atom is 0.261 e. The first-order valence-electron chi connectivity index (χ1n) is 9.50. The molecule has 0 unspecified atom stereocenters. The Labute approximate surface area is 165 Å². The van der Waals surface area contributed by atoms with Crippen LogP contribution in [-0.4, -0.2) is 10.5 Å². The highest BCUT2D eigenvalue weighted by Crippen LogP contribution is 2.18. The number of nitrogens with zero attached hydrogens (tertiary/aromatic N) is 1. The number of hydrogen-bond acceptors (Lipinski definition) is 2. The van der Waals surface area contributed by atoms with Gasteiger partial charge < -0.3 is 9.88 Å². The maximum absolute atomic E-state index is 12.9. The first-order valence-corrected chi connectivity index (χ1v) is 9.50. The highest BCUT2D eigenvalue weighted by atomic mass is 16.2. The Bertz CT molecular complexity index is 1070. The molecule has 1 aromatic heterocycles. The summed E-state index contributed by atoms with van der Waals surface area (Å²) < 4.78 is 2.05. The zero-order valence-corrected chi connectivity index (χ0v) is 16.9. The Balaban J connectivity index is 1.90. The first-order chi connectivity index (χ1) is 13.4. The maximum atomic E-state index is 12.9. The number of rotatable bonds is 5. The van der Waals surface area contributed by atoms with Crippen LogP contribution >= 0.6 is 0 Å². The zero-order valence-electron chi connectivity index (χ0n) is 16.9. The predicted molar refractivity (Wildman–Crippen MR) is 114 cm³/mol. The molecule has 0 atom stereocenters. The Morgan fingerprint density at radius 2 is 1.68 bits per heavy atom. The number of pyridine rings is 1. The molecular formula is C24H26N2O2. The summed E-state index contributed by atoms with van der Waals surface area (Å²) in [5, 5.41) is 2.90. The molecule has 0 saturated heterocycles. The van der Waals surface area contributed by atoms with Gasteiger partial charge in [-0.15, -0.1) is 0 Å². The number of aromatic nitrogens is 1. The Morgan fingerprint density at radius 3 is 2.36 bits per heavy atom. The third-order valence-corrected chi connectivity index (χ3v) is 5.10. The lowest BCUT2D eigenvalue weighted by Gasteiger charge is -2.18. The molecule has 1 N–H and O–H groups in total. The van der Waals surface area contributed by atoms with Crippen LogP contribution in [0.3, 0.4) is 0 Å². The van der Waals surface area contributed by atoms with E-state index in [1.807, 2.05) is 68.7 Å². The van der Waals surface area contributed by atoms with E-state index in [1.54, 1.807) is 6.07 Å². The van der Waals surface area contributed by atoms with Crippen molar-refractivity contribution in [2.45, 2.75) is 40.7 Å². The fourth-order valence-corrected chi connectivity index (χ4v) is 3.56. The van der Waals surface area contributed by atoms with Gasteiger partial charge in [-0.05, 0) is 51.3 Å². The van der Waals surface area contributed by atoms with E-state index in [9.17, 15) is 9.59 Å². The van der Waals surface area contributed by atoms with Gasteiger partial charge in [0.1, 0.15) is 5.56 Å². The number of carbonyl (C=O) groups excluding carboxylic acids is 1. The molecule has 0 aliphatic rings. The van der Waals surface area contributed by atoms with E-state index >= 15 is 0 Å². The number of carbonyl (C=O) groups is 1. The molecule has 0 saturated carbocycles. The van der Waals surface area contributed by atoms with Crippen molar-refractivity contribution in [3.8, 4) is 0 Å². The van der Waals surface area contributed by atoms with Crippen LogP contribution in [-0.2, 0) is 13.0 Å². The Morgan fingerprint density at radius 1 is 0.964 bits per heavy atom. The summed E-state index contributed by atoms with van der Waals surface area (Å²) in [6.07, 6.45) is 0.837. The van der Waals surface area contributed by atoms with Crippen LogP contribution in [0.25, 0.3) is 0 Å². The van der Waals surface area contributed by atoms with Gasteiger partial charge in [0.2, 0.25) is 0 Å². The molecule has 28 heavy (non-hydrogen) atoms. The van der Waals surface area contributed by atoms with Gasteiger partial charge in [0.05, 0.1) is 0 Å². The van der Waals surface area contributed by atoms with E-state index in [2.05, 4.69) is 17.4 Å². The number of benzene rings is 2. The van der Waals surface area contributed by atoms with E-state index in [1.165, 1.54) is 5.56 Å². The minimum absolute atomic E-state index is 0.207. The standard InChI is InChI=1S/C24H26N2O2/c1-16-10-11-21(17(2)14-16)25-24(28)23-19(4)26(18(3)15-22(23)27)13-12-20-8-6-5-7-9-20/h5-11,14-15H,12-13H2,1-4H3,(H,25,28). The summed E-state index contributed by atoms with van der Waals surface area (Å²) in [4.78, 5) is 25.5. The minimum atomic E-state index is -0.358. The molecule has 1 heterocycles. The highest BCUT2D eigenvalue weighted by Gasteiger charge is 2.18. The molecule has 0 aliphatic carbocycles. The fourth-order valence-electron chi connectivity index (χ4n) is 3.56. The van der Waals surface area contributed by atoms with Crippen LogP contribution in [0.5, 0.6) is 0 Å². The molecule has 3 aromatic rings. The summed E-state index contributed by atoms with van der Waals surface area (Å²) >= 11 is 0. The second-order valence-corrected chi connectivity index (χ2v) is 7.27. The van der Waals surface area contributed by atoms with Crippen molar-refractivity contribution < 1.29 is 4.79 Å². The molecule has 0 radical (unpaired) electrons. The summed E-state index contributed by atoms with van der Waals surface area (Å²) in [5.41, 5.74) is 5.58. The number of nitrogens with one attached hydrogen (secondary N) is 1. The molecule has 0 spiro atoms. The molecule has 4 nitrogen and oxygen atoms in total. The number of amides is 1. The lowest BCUT2D eigenvalue weighted by molar-refractivity contribution is 0.102. The van der Waals surface area contributed by atoms with Gasteiger partial charge in [-0.2, -0.15) is 0 Å². The molecule has 144 valence electrons. The summed E-state index contributed by atoms with van der Waals surface area (Å²) in [7, 11) is 0. The molecule has 4 heteroatoms. The van der Waals surface area contributed by atoms with E-state index in [4.69, 9.17) is 0 Å². The smallest absolute Gasteiger partial charge is 0.261 e. The largest absolute Gasteiger partial charge is 0.348 e. The Kier molecular flexibility index (Phi) is 5.78. The lowest BCUT2D eigenvalue weighted by Crippen LogP contribution is -2.27. The van der Waals surface area contributed by atoms with Crippen molar-refractivity contribution >= 4 is 11.6 Å². The normalized spacial score (nSPS) is 10.7. The Hall–Kier alpha value is -3.14. The van der Waals surface area contributed by atoms with Crippen molar-refractivity contribution in [2.24, 2.45) is 0 Å². The third-order valence-electron chi connectivity index (χ3n) is 5.10. The van der Waals surface area contributed by atoms with Crippen molar-refractivity contribution in [1.29, 1.82) is 0 Å². The van der Waals surface area contributed by atoms with Crippen LogP contribution < -0.4 is 10.7 Å². The molecule has 0 aliphatic heterocycles. The van der Waals surface area contributed by atoms with E-state index in [-0.39, 0.29) is 16.9 Å². The highest BCUT2D eigenvalue weighted by molar-refractivity contribution is 6.05. The monoisotopic (exact) mass is 374 g/mol. The number of anilines is 1. The van der Waals surface area contributed by atoms with Gasteiger partial charge in [-0.3, -0.25) is 9.59 Å². The van der Waals surface area contributed by atoms with Crippen LogP contribution in [0, 0.1) is 27.7 Å². The number of hydrogen-bond donors (Lipinski definition) is 1. The van der Waals surface area contributed by atoms with Crippen molar-refractivity contribution in [1.82, 2.24) is 4.57 Å². The van der Waals surface area contributed by atoms with Crippen molar-refractivity contribution in [3.63, 3.8) is 0 Å². The zero-order chi connectivity index (χ0) is 20.3. The van der Waals surface area contributed by atoms with Gasteiger partial charge in [-0.1, -0.05) is 48.0 Å². The summed E-state index contributed by atoms with van der Waals surface area (Å²) in [6.45, 7) is 8.42. The van der Waals surface area contributed by atoms with Gasteiger partial charge in [-0.25, -0.2) is 0 Å². The summed E-state index contributed by atoms with van der Waals surface area (Å²) in [5.74, 6) is -0.358. The van der Waals surface area contributed by atoms with Crippen molar-refractivity contribution in [2.75, 3.05) is 5.32 Å². The van der Waals surface area contributed by atoms with Crippen molar-refractivity contribution in [3.05, 3.63) is 98.5 Å². The molecule has 1 amide bonds. The summed E-state index contributed by atoms with van der Waals surface area (Å²) in [6, 6.07) is 17.6. The topological polar surface area (TPSA) is 51.1 Å². The van der Waals surface area contributed by atoms with Crippen LogP contribution in [0.15, 0.2) is 59.4 Å². The van der Waals surface area contributed by atoms with E-state index < -0.39 is 0 Å². The van der Waals surface area contributed by atoms with E-state index in [0.717, 1.165) is 28.9 Å². The van der Waals surface area contributed by atoms with Gasteiger partial charge >= 0.3 is 0 Å². The quantitative estimate of drug-likeness (QED) is 0.711. The third kappa shape index (κ3) is 4.22. The molecular weight excluding hydrogens is 348 g/mol. The van der Waals surface area contributed by atoms with Gasteiger partial charge in [0.15, 0.2) is 5.43 Å². The minimum Gasteiger partial charge on any atom is -0.348 e. The van der Waals surface area contributed by atoms with E-state index in [0.29, 0.717) is 12.2 Å². The van der Waals surface area contributed by atoms with Crippen LogP contribution in [0.2, 0.25) is 0 Å². The fraction of sp³-hybridized carbons (Fsp3) is 0.250. The van der Waals surface area contributed by atoms with Crippen LogP contribution in [0.4, 0.5) is 5.69 Å². The SMILES string of the molecule is Cc1ccc(NC(=O)c2c(C)n(CCc3ccccc3)c(C)cc2=O)c(C)c1. The second-order valence-electron chi connectivity index (χ2n) is 7.27. The van der Waals surface area contributed by atoms with Gasteiger partial charge in [0.25, 0.3) is 5.91 Å². The lowest BCUT2D eigenvalue weighted by atomic mass is 10.1. The average Bonchev–Trinajstić information content (AvgIpc) is 2.64. The molecule has 2 aromatic carbocycles. The predicted octanol–water partition coefficient (Wildman–Crippen LogP) is 4.58. The molecule has 0 fully saturated rings. The molecule has 0 bridgehead atoms. The second kappa shape index (κ2) is 8.26. The number of aryl methyl sites for hydroxylation is 4. The first kappa shape index (κ1) is 19.6. The van der Waals surface area contributed by atoms with Crippen LogP contribution in [0.1, 0.15) is 38.4 Å².